The highest BCUT2D eigenvalue weighted by Crippen LogP contribution is 2.24. The molecule has 0 fully saturated rings. The van der Waals surface area contributed by atoms with E-state index in [0.29, 0.717) is 22.0 Å². The Morgan fingerprint density at radius 3 is 2.56 bits per heavy atom. The van der Waals surface area contributed by atoms with E-state index in [2.05, 4.69) is 10.2 Å². The average molecular weight is 381 g/mol. The van der Waals surface area contributed by atoms with E-state index in [1.807, 2.05) is 36.4 Å². The average Bonchev–Trinajstić information content (AvgIpc) is 2.67. The van der Waals surface area contributed by atoms with Gasteiger partial charge in [0, 0.05) is 17.4 Å². The second-order valence-corrected chi connectivity index (χ2v) is 6.70. The van der Waals surface area contributed by atoms with Crippen molar-refractivity contribution in [3.8, 4) is 11.1 Å². The molecule has 3 aromatic rings. The van der Waals surface area contributed by atoms with Crippen LogP contribution in [0.3, 0.4) is 0 Å². The maximum absolute atomic E-state index is 13.9. The predicted molar refractivity (Wildman–Crippen MR) is 109 cm³/mol. The van der Waals surface area contributed by atoms with Crippen LogP contribution in [-0.4, -0.2) is 11.4 Å². The van der Waals surface area contributed by atoms with Crippen LogP contribution in [0.2, 0.25) is 0 Å². The molecule has 0 aliphatic heterocycles. The van der Waals surface area contributed by atoms with Crippen molar-refractivity contribution in [3.05, 3.63) is 95.6 Å². The van der Waals surface area contributed by atoms with Gasteiger partial charge in [-0.05, 0) is 34.9 Å². The molecule has 0 radical (unpaired) electrons. The van der Waals surface area contributed by atoms with Crippen LogP contribution in [-0.2, 0) is 5.75 Å². The van der Waals surface area contributed by atoms with Gasteiger partial charge in [0.2, 0.25) is 0 Å². The lowest BCUT2D eigenvalue weighted by Crippen LogP contribution is -2.05. The minimum Gasteiger partial charge on any atom is -0.377 e. The lowest BCUT2D eigenvalue weighted by atomic mass is 10.0. The predicted octanol–water partition coefficient (Wildman–Crippen LogP) is 5.21. The summed E-state index contributed by atoms with van der Waals surface area (Å²) >= 11 is 1.40. The van der Waals surface area contributed by atoms with Gasteiger partial charge in [0.25, 0.3) is 0 Å². The highest BCUT2D eigenvalue weighted by molar-refractivity contribution is 8.13. The van der Waals surface area contributed by atoms with Gasteiger partial charge in [-0.1, -0.05) is 60.3 Å². The molecule has 2 N–H and O–H groups in total. The zero-order chi connectivity index (χ0) is 19.1. The third-order valence-corrected chi connectivity index (χ3v) is 4.58. The summed E-state index contributed by atoms with van der Waals surface area (Å²) < 4.78 is 27.0. The minimum absolute atomic E-state index is 0.327. The van der Waals surface area contributed by atoms with Gasteiger partial charge in [0.05, 0.1) is 6.21 Å². The van der Waals surface area contributed by atoms with E-state index in [4.69, 9.17) is 5.73 Å². The van der Waals surface area contributed by atoms with Crippen LogP contribution >= 0.6 is 11.8 Å². The van der Waals surface area contributed by atoms with Gasteiger partial charge < -0.3 is 5.73 Å². The highest BCUT2D eigenvalue weighted by Gasteiger charge is 2.06. The molecular weight excluding hydrogens is 364 g/mol. The van der Waals surface area contributed by atoms with Gasteiger partial charge in [-0.2, -0.15) is 5.10 Å². The first-order valence-corrected chi connectivity index (χ1v) is 9.19. The molecule has 27 heavy (non-hydrogen) atoms. The van der Waals surface area contributed by atoms with Crippen LogP contribution in [0.1, 0.15) is 11.1 Å². The quantitative estimate of drug-likeness (QED) is 0.374. The molecule has 136 valence electrons. The molecule has 0 aromatic heterocycles. The van der Waals surface area contributed by atoms with Crippen molar-refractivity contribution in [1.29, 1.82) is 0 Å². The Hall–Kier alpha value is -2.99. The highest BCUT2D eigenvalue weighted by atomic mass is 32.2. The van der Waals surface area contributed by atoms with E-state index in [9.17, 15) is 8.78 Å². The van der Waals surface area contributed by atoms with Crippen molar-refractivity contribution in [2.75, 3.05) is 0 Å². The largest absolute Gasteiger partial charge is 0.377 e. The molecule has 6 heteroatoms. The van der Waals surface area contributed by atoms with E-state index >= 15 is 0 Å². The fourth-order valence-corrected chi connectivity index (χ4v) is 3.03. The molecule has 3 aromatic carbocycles. The first-order chi connectivity index (χ1) is 13.1. The zero-order valence-electron chi connectivity index (χ0n) is 14.3. The number of nitrogens with two attached hydrogens (primary N) is 1. The van der Waals surface area contributed by atoms with Crippen LogP contribution < -0.4 is 5.73 Å². The molecule has 0 aliphatic rings. The molecular formula is C21H17F2N3S. The fraction of sp³-hybridized carbons (Fsp3) is 0.0476. The normalized spacial score (nSPS) is 11.9. The minimum atomic E-state index is -0.608. The number of amidine groups is 1. The number of hydrogen-bond acceptors (Lipinski definition) is 3. The Labute approximate surface area is 160 Å². The molecule has 0 atom stereocenters. The second-order valence-electron chi connectivity index (χ2n) is 5.71. The summed E-state index contributed by atoms with van der Waals surface area (Å²) in [5.41, 5.74) is 8.70. The smallest absolute Gasteiger partial charge is 0.180 e. The molecule has 3 nitrogen and oxygen atoms in total. The summed E-state index contributed by atoms with van der Waals surface area (Å²) in [6.07, 6.45) is 1.54. The van der Waals surface area contributed by atoms with Gasteiger partial charge in [-0.25, -0.2) is 8.78 Å². The van der Waals surface area contributed by atoms with Crippen molar-refractivity contribution < 1.29 is 8.78 Å². The lowest BCUT2D eigenvalue weighted by molar-refractivity contribution is 0.585. The van der Waals surface area contributed by atoms with Crippen LogP contribution in [0.4, 0.5) is 8.78 Å². The number of halogens is 2. The second kappa shape index (κ2) is 9.09. The Morgan fingerprint density at radius 1 is 0.963 bits per heavy atom. The topological polar surface area (TPSA) is 50.7 Å². The summed E-state index contributed by atoms with van der Waals surface area (Å²) in [4.78, 5) is 0. The molecule has 3 rings (SSSR count). The number of hydrogen-bond donors (Lipinski definition) is 1. The first kappa shape index (κ1) is 18.8. The first-order valence-electron chi connectivity index (χ1n) is 8.20. The zero-order valence-corrected chi connectivity index (χ0v) is 15.2. The Kier molecular flexibility index (Phi) is 6.33. The Morgan fingerprint density at radius 2 is 1.78 bits per heavy atom. The number of thioether (sulfide) groups is 1. The van der Waals surface area contributed by atoms with E-state index < -0.39 is 11.6 Å². The van der Waals surface area contributed by atoms with E-state index in [0.717, 1.165) is 17.2 Å². The van der Waals surface area contributed by atoms with E-state index in [-0.39, 0.29) is 0 Å². The monoisotopic (exact) mass is 381 g/mol. The third kappa shape index (κ3) is 5.49. The SMILES string of the molecule is NC(=NN=Cc1cccc(-c2ccc(F)cc2F)c1)SCc1ccccc1. The Balaban J connectivity index is 1.66. The number of benzene rings is 3. The summed E-state index contributed by atoms with van der Waals surface area (Å²) in [7, 11) is 0. The lowest BCUT2D eigenvalue weighted by Gasteiger charge is -2.04. The van der Waals surface area contributed by atoms with Gasteiger partial charge in [0.1, 0.15) is 11.6 Å². The standard InChI is InChI=1S/C21H17F2N3S/c22-18-9-10-19(20(23)12-18)17-8-4-7-16(11-17)13-25-26-21(24)27-14-15-5-2-1-3-6-15/h1-13H,14H2,(H2,24,26). The van der Waals surface area contributed by atoms with Crippen molar-refractivity contribution in [2.45, 2.75) is 5.75 Å². The van der Waals surface area contributed by atoms with Crippen LogP contribution in [0, 0.1) is 11.6 Å². The number of nitrogens with zero attached hydrogens (tertiary/aromatic N) is 2. The molecule has 0 amide bonds. The van der Waals surface area contributed by atoms with Gasteiger partial charge in [0.15, 0.2) is 5.17 Å². The molecule has 0 aliphatic carbocycles. The maximum Gasteiger partial charge on any atom is 0.180 e. The van der Waals surface area contributed by atoms with Gasteiger partial charge in [-0.3, -0.25) is 0 Å². The van der Waals surface area contributed by atoms with Crippen molar-refractivity contribution in [2.24, 2.45) is 15.9 Å². The van der Waals surface area contributed by atoms with E-state index in [1.54, 1.807) is 24.4 Å². The van der Waals surface area contributed by atoms with Crippen molar-refractivity contribution >= 4 is 23.1 Å². The molecule has 0 unspecified atom stereocenters. The summed E-state index contributed by atoms with van der Waals surface area (Å²) in [6, 6.07) is 20.5. The molecule has 0 saturated carbocycles. The third-order valence-electron chi connectivity index (χ3n) is 3.72. The van der Waals surface area contributed by atoms with Gasteiger partial charge >= 0.3 is 0 Å². The van der Waals surface area contributed by atoms with E-state index in [1.165, 1.54) is 23.9 Å². The van der Waals surface area contributed by atoms with Crippen molar-refractivity contribution in [1.82, 2.24) is 0 Å². The Bertz CT molecular complexity index is 972. The number of rotatable bonds is 5. The van der Waals surface area contributed by atoms with Crippen LogP contribution in [0.5, 0.6) is 0 Å². The molecule has 0 spiro atoms. The summed E-state index contributed by atoms with van der Waals surface area (Å²) in [5, 5.41) is 8.32. The fourth-order valence-electron chi connectivity index (χ4n) is 2.42. The van der Waals surface area contributed by atoms with Crippen LogP contribution in [0.15, 0.2) is 83.0 Å². The summed E-state index contributed by atoms with van der Waals surface area (Å²) in [5.74, 6) is -0.499. The van der Waals surface area contributed by atoms with Crippen LogP contribution in [0.25, 0.3) is 11.1 Å². The maximum atomic E-state index is 13.9. The van der Waals surface area contributed by atoms with Gasteiger partial charge in [-0.15, -0.1) is 5.10 Å². The summed E-state index contributed by atoms with van der Waals surface area (Å²) in [6.45, 7) is 0. The molecule has 0 saturated heterocycles. The van der Waals surface area contributed by atoms with Crippen molar-refractivity contribution in [3.63, 3.8) is 0 Å². The molecule has 0 heterocycles. The molecule has 0 bridgehead atoms.